The number of aromatic nitrogens is 1. The Bertz CT molecular complexity index is 639. The summed E-state index contributed by atoms with van der Waals surface area (Å²) in [5.41, 5.74) is 1.79. The molecule has 3 nitrogen and oxygen atoms in total. The summed E-state index contributed by atoms with van der Waals surface area (Å²) in [6.45, 7) is 0. The Morgan fingerprint density at radius 1 is 1.19 bits per heavy atom. The Hall–Kier alpha value is -1.65. The van der Waals surface area contributed by atoms with E-state index in [1.54, 1.807) is 18.3 Å². The minimum Gasteiger partial charge on any atom is -1.00 e. The number of rotatable bonds is 4. The van der Waals surface area contributed by atoms with Gasteiger partial charge in [-0.15, -0.1) is 0 Å². The van der Waals surface area contributed by atoms with E-state index in [4.69, 9.17) is 0 Å². The summed E-state index contributed by atoms with van der Waals surface area (Å²) in [6.07, 6.45) is 7.15. The third-order valence-corrected chi connectivity index (χ3v) is 3.35. The molecule has 0 unspecified atom stereocenters. The molecule has 2 aromatic rings. The first-order valence-electron chi connectivity index (χ1n) is 6.22. The molecule has 0 aliphatic heterocycles. The smallest absolute Gasteiger partial charge is 0.191 e. The lowest BCUT2D eigenvalue weighted by Gasteiger charge is -2.09. The van der Waals surface area contributed by atoms with Crippen LogP contribution in [0.15, 0.2) is 59.3 Å². The first kappa shape index (κ1) is 17.4. The van der Waals surface area contributed by atoms with E-state index in [1.165, 1.54) is 0 Å². The predicted octanol–water partition coefficient (Wildman–Crippen LogP) is 0.160. The zero-order chi connectivity index (χ0) is 14.5. The lowest BCUT2D eigenvalue weighted by molar-refractivity contribution is -0.568. The third kappa shape index (κ3) is 4.99. The topological polar surface area (TPSA) is 24.2 Å². The lowest BCUT2D eigenvalue weighted by atomic mass is 10.1. The van der Waals surface area contributed by atoms with Gasteiger partial charge in [-0.2, -0.15) is 4.57 Å². The number of carbonyl (C=O) groups excluding carboxylic acids is 1. The maximum atomic E-state index is 12.0. The highest BCUT2D eigenvalue weighted by molar-refractivity contribution is 9.10. The summed E-state index contributed by atoms with van der Waals surface area (Å²) in [6, 6.07) is 11.4. The number of halogens is 2. The molecule has 110 valence electrons. The second-order valence-corrected chi connectivity index (χ2v) is 5.50. The van der Waals surface area contributed by atoms with E-state index >= 15 is 0 Å². The molecule has 1 aromatic heterocycles. The molecule has 0 fully saturated rings. The molecular formula is C16H16BrClN2O. The van der Waals surface area contributed by atoms with Crippen LogP contribution in [0.3, 0.4) is 0 Å². The van der Waals surface area contributed by atoms with Crippen molar-refractivity contribution >= 4 is 33.6 Å². The Kier molecular flexibility index (Phi) is 6.59. The van der Waals surface area contributed by atoms with Crippen molar-refractivity contribution in [2.45, 2.75) is 0 Å². The first-order chi connectivity index (χ1) is 9.56. The van der Waals surface area contributed by atoms with Crippen LogP contribution in [0, 0.1) is 0 Å². The average Bonchev–Trinajstić information content (AvgIpc) is 2.45. The van der Waals surface area contributed by atoms with Crippen LogP contribution in [0.5, 0.6) is 0 Å². The number of ketones is 1. The van der Waals surface area contributed by atoms with E-state index in [1.807, 2.05) is 66.3 Å². The van der Waals surface area contributed by atoms with Gasteiger partial charge in [0.2, 0.25) is 0 Å². The SMILES string of the molecule is CN(C)c1cc[n+](C=CC(=O)c2cccc(Br)c2)cc1.[Cl-]. The number of hydrogen-bond donors (Lipinski definition) is 0. The van der Waals surface area contributed by atoms with Gasteiger partial charge in [-0.1, -0.05) is 28.1 Å². The van der Waals surface area contributed by atoms with Crippen molar-refractivity contribution in [3.63, 3.8) is 0 Å². The largest absolute Gasteiger partial charge is 1.00 e. The summed E-state index contributed by atoms with van der Waals surface area (Å²) in [5.74, 6) is -0.0181. The molecule has 0 aliphatic rings. The van der Waals surface area contributed by atoms with Crippen molar-refractivity contribution in [3.8, 4) is 0 Å². The monoisotopic (exact) mass is 366 g/mol. The molecule has 0 spiro atoms. The van der Waals surface area contributed by atoms with Gasteiger partial charge < -0.3 is 17.3 Å². The second kappa shape index (κ2) is 7.96. The lowest BCUT2D eigenvalue weighted by Crippen LogP contribution is -3.00. The Morgan fingerprint density at radius 2 is 1.86 bits per heavy atom. The number of anilines is 1. The van der Waals surface area contributed by atoms with Crippen LogP contribution in [0.2, 0.25) is 0 Å². The predicted molar refractivity (Wildman–Crippen MR) is 84.8 cm³/mol. The van der Waals surface area contributed by atoms with E-state index in [0.29, 0.717) is 5.56 Å². The fraction of sp³-hybridized carbons (Fsp3) is 0.125. The zero-order valence-electron chi connectivity index (χ0n) is 11.8. The van der Waals surface area contributed by atoms with Crippen molar-refractivity contribution in [1.29, 1.82) is 0 Å². The van der Waals surface area contributed by atoms with Gasteiger partial charge in [0, 0.05) is 42.0 Å². The van der Waals surface area contributed by atoms with Crippen LogP contribution < -0.4 is 21.9 Å². The summed E-state index contributed by atoms with van der Waals surface area (Å²) in [5, 5.41) is 0. The van der Waals surface area contributed by atoms with Crippen molar-refractivity contribution < 1.29 is 21.8 Å². The molecule has 0 aliphatic carbocycles. The average molecular weight is 368 g/mol. The molecule has 1 aromatic carbocycles. The normalized spacial score (nSPS) is 10.2. The number of carbonyl (C=O) groups is 1. The summed E-state index contributed by atoms with van der Waals surface area (Å²) in [7, 11) is 3.98. The molecule has 0 saturated heterocycles. The van der Waals surface area contributed by atoms with Gasteiger partial charge in [0.1, 0.15) is 0 Å². The number of allylic oxidation sites excluding steroid dienone is 1. The quantitative estimate of drug-likeness (QED) is 0.437. The first-order valence-corrected chi connectivity index (χ1v) is 7.02. The molecule has 0 amide bonds. The summed E-state index contributed by atoms with van der Waals surface area (Å²) >= 11 is 3.36. The maximum absolute atomic E-state index is 12.0. The fourth-order valence-electron chi connectivity index (χ4n) is 1.72. The van der Waals surface area contributed by atoms with E-state index in [0.717, 1.165) is 10.2 Å². The Morgan fingerprint density at radius 3 is 2.43 bits per heavy atom. The van der Waals surface area contributed by atoms with Gasteiger partial charge in [-0.3, -0.25) is 4.79 Å². The molecule has 1 heterocycles. The van der Waals surface area contributed by atoms with E-state index < -0.39 is 0 Å². The minimum atomic E-state index is -0.0181. The van der Waals surface area contributed by atoms with Crippen molar-refractivity contribution in [3.05, 3.63) is 64.9 Å². The van der Waals surface area contributed by atoms with Gasteiger partial charge in [-0.25, -0.2) is 0 Å². The highest BCUT2D eigenvalue weighted by Crippen LogP contribution is 2.12. The number of hydrogen-bond acceptors (Lipinski definition) is 2. The molecule has 0 atom stereocenters. The standard InChI is InChI=1S/C16H16BrN2O.ClH/c1-18(2)15-6-9-19(10-7-15)11-8-16(20)13-4-3-5-14(17)12-13;/h3-12H,1-2H3;1H/q+1;/p-1. The molecule has 2 rings (SSSR count). The fourth-order valence-corrected chi connectivity index (χ4v) is 2.12. The molecule has 0 saturated carbocycles. The zero-order valence-corrected chi connectivity index (χ0v) is 14.2. The van der Waals surface area contributed by atoms with Crippen molar-refractivity contribution in [1.82, 2.24) is 0 Å². The van der Waals surface area contributed by atoms with E-state index in [-0.39, 0.29) is 18.2 Å². The Balaban J connectivity index is 0.00000220. The van der Waals surface area contributed by atoms with Crippen molar-refractivity contribution in [2.75, 3.05) is 19.0 Å². The van der Waals surface area contributed by atoms with Gasteiger partial charge in [-0.05, 0) is 12.1 Å². The van der Waals surface area contributed by atoms with E-state index in [9.17, 15) is 4.79 Å². The van der Waals surface area contributed by atoms with Crippen molar-refractivity contribution in [2.24, 2.45) is 0 Å². The number of benzene rings is 1. The summed E-state index contributed by atoms with van der Waals surface area (Å²) < 4.78 is 2.75. The highest BCUT2D eigenvalue weighted by atomic mass is 79.9. The van der Waals surface area contributed by atoms with Gasteiger partial charge >= 0.3 is 0 Å². The van der Waals surface area contributed by atoms with Crippen LogP contribution in [0.1, 0.15) is 10.4 Å². The molecule has 0 bridgehead atoms. The molecular weight excluding hydrogens is 352 g/mol. The van der Waals surface area contributed by atoms with Gasteiger partial charge in [0.25, 0.3) is 0 Å². The van der Waals surface area contributed by atoms with Crippen LogP contribution in [0.4, 0.5) is 5.69 Å². The highest BCUT2D eigenvalue weighted by Gasteiger charge is 2.04. The molecule has 0 N–H and O–H groups in total. The maximum Gasteiger partial charge on any atom is 0.191 e. The van der Waals surface area contributed by atoms with Crippen LogP contribution in [-0.2, 0) is 0 Å². The minimum absolute atomic E-state index is 0. The molecule has 21 heavy (non-hydrogen) atoms. The van der Waals surface area contributed by atoms with Crippen LogP contribution >= 0.6 is 15.9 Å². The van der Waals surface area contributed by atoms with Gasteiger partial charge in [0.15, 0.2) is 24.4 Å². The second-order valence-electron chi connectivity index (χ2n) is 4.59. The third-order valence-electron chi connectivity index (χ3n) is 2.86. The van der Waals surface area contributed by atoms with Crippen LogP contribution in [0.25, 0.3) is 6.20 Å². The van der Waals surface area contributed by atoms with Crippen LogP contribution in [-0.4, -0.2) is 19.9 Å². The van der Waals surface area contributed by atoms with Gasteiger partial charge in [0.05, 0.1) is 6.08 Å². The Labute approximate surface area is 139 Å². The molecule has 5 heteroatoms. The molecule has 0 radical (unpaired) electrons. The summed E-state index contributed by atoms with van der Waals surface area (Å²) in [4.78, 5) is 14.0. The number of nitrogens with zero attached hydrogens (tertiary/aromatic N) is 2. The van der Waals surface area contributed by atoms with E-state index in [2.05, 4.69) is 15.9 Å². The number of pyridine rings is 1.